The van der Waals surface area contributed by atoms with Crippen LogP contribution in [0.3, 0.4) is 0 Å². The van der Waals surface area contributed by atoms with Crippen molar-refractivity contribution >= 4 is 11.8 Å². The highest BCUT2D eigenvalue weighted by Gasteiger charge is 1.96. The molecular weight excluding hydrogens is 132 g/mol. The van der Waals surface area contributed by atoms with Gasteiger partial charge in [0.05, 0.1) is 12.1 Å². The average molecular weight is 144 g/mol. The van der Waals surface area contributed by atoms with Crippen molar-refractivity contribution in [3.8, 4) is 6.07 Å². The van der Waals surface area contributed by atoms with Gasteiger partial charge in [-0.05, 0) is 24.9 Å². The van der Waals surface area contributed by atoms with E-state index >= 15 is 0 Å². The van der Waals surface area contributed by atoms with E-state index < -0.39 is 0 Å². The summed E-state index contributed by atoms with van der Waals surface area (Å²) in [6, 6.07) is 1.74. The fourth-order valence-electron chi connectivity index (χ4n) is 0.512. The van der Waals surface area contributed by atoms with E-state index in [-0.39, 0.29) is 6.04 Å². The first-order chi connectivity index (χ1) is 4.31. The molecule has 0 amide bonds. The zero-order valence-electron chi connectivity index (χ0n) is 5.63. The van der Waals surface area contributed by atoms with Crippen molar-refractivity contribution in [1.29, 1.82) is 5.26 Å². The first-order valence-corrected chi connectivity index (χ1v) is 4.34. The molecular formula is C6H12N2S. The quantitative estimate of drug-likeness (QED) is 0.598. The van der Waals surface area contributed by atoms with Gasteiger partial charge in [0.1, 0.15) is 0 Å². The average Bonchev–Trinajstić information content (AvgIpc) is 1.89. The molecule has 9 heavy (non-hydrogen) atoms. The summed E-state index contributed by atoms with van der Waals surface area (Å²) in [6.07, 6.45) is 3.94. The van der Waals surface area contributed by atoms with Crippen molar-refractivity contribution in [2.24, 2.45) is 5.73 Å². The Labute approximate surface area is 60.4 Å². The normalized spacial score (nSPS) is 12.6. The molecule has 2 N–H and O–H groups in total. The van der Waals surface area contributed by atoms with Gasteiger partial charge < -0.3 is 5.73 Å². The van der Waals surface area contributed by atoms with Gasteiger partial charge in [0.15, 0.2) is 0 Å². The van der Waals surface area contributed by atoms with Crippen molar-refractivity contribution < 1.29 is 0 Å². The lowest BCUT2D eigenvalue weighted by molar-refractivity contribution is 0.719. The van der Waals surface area contributed by atoms with E-state index in [0.29, 0.717) is 0 Å². The van der Waals surface area contributed by atoms with E-state index in [1.807, 2.05) is 6.07 Å². The monoisotopic (exact) mass is 144 g/mol. The second-order valence-corrected chi connectivity index (χ2v) is 2.86. The summed E-state index contributed by atoms with van der Waals surface area (Å²) in [6.45, 7) is 0. The second kappa shape index (κ2) is 5.93. The number of nitriles is 1. The molecule has 0 aliphatic carbocycles. The predicted octanol–water partition coefficient (Wildman–Crippen LogP) is 0.980. The minimum atomic E-state index is -0.253. The Morgan fingerprint density at radius 2 is 2.44 bits per heavy atom. The van der Waals surface area contributed by atoms with Gasteiger partial charge in [0.25, 0.3) is 0 Å². The van der Waals surface area contributed by atoms with E-state index in [4.69, 9.17) is 11.0 Å². The molecule has 0 radical (unpaired) electrons. The predicted molar refractivity (Wildman–Crippen MR) is 41.2 cm³/mol. The lowest BCUT2D eigenvalue weighted by Crippen LogP contribution is -2.16. The molecule has 0 saturated carbocycles. The number of hydrogen-bond donors (Lipinski definition) is 1. The highest BCUT2D eigenvalue weighted by atomic mass is 32.2. The Balaban J connectivity index is 2.99. The van der Waals surface area contributed by atoms with Crippen LogP contribution in [0.1, 0.15) is 12.8 Å². The third-order valence-electron chi connectivity index (χ3n) is 1.03. The van der Waals surface area contributed by atoms with E-state index in [2.05, 4.69) is 6.26 Å². The van der Waals surface area contributed by atoms with Gasteiger partial charge in [-0.15, -0.1) is 0 Å². The smallest absolute Gasteiger partial charge is 0.0928 e. The highest BCUT2D eigenvalue weighted by molar-refractivity contribution is 7.98. The van der Waals surface area contributed by atoms with Crippen LogP contribution in [0.2, 0.25) is 0 Å². The summed E-state index contributed by atoms with van der Waals surface area (Å²) in [5.74, 6) is 1.11. The van der Waals surface area contributed by atoms with Crippen LogP contribution in [0.25, 0.3) is 0 Å². The molecule has 0 rings (SSSR count). The molecule has 0 bridgehead atoms. The summed E-state index contributed by atoms with van der Waals surface area (Å²) in [7, 11) is 0. The standard InChI is InChI=1S/C6H12N2S/c1-9-4-2-3-6(8)5-7/h6H,2-4,8H2,1H3. The van der Waals surface area contributed by atoms with Gasteiger partial charge in [0, 0.05) is 0 Å². The van der Waals surface area contributed by atoms with Crippen molar-refractivity contribution in [3.63, 3.8) is 0 Å². The van der Waals surface area contributed by atoms with E-state index in [1.165, 1.54) is 0 Å². The van der Waals surface area contributed by atoms with Crippen LogP contribution in [0.15, 0.2) is 0 Å². The van der Waals surface area contributed by atoms with Gasteiger partial charge in [-0.25, -0.2) is 0 Å². The zero-order valence-corrected chi connectivity index (χ0v) is 6.45. The third-order valence-corrected chi connectivity index (χ3v) is 1.73. The maximum Gasteiger partial charge on any atom is 0.0928 e. The molecule has 52 valence electrons. The number of hydrogen-bond acceptors (Lipinski definition) is 3. The molecule has 0 heterocycles. The van der Waals surface area contributed by atoms with Crippen molar-refractivity contribution in [3.05, 3.63) is 0 Å². The third kappa shape index (κ3) is 5.67. The molecule has 2 nitrogen and oxygen atoms in total. The molecule has 0 fully saturated rings. The maximum absolute atomic E-state index is 8.25. The maximum atomic E-state index is 8.25. The second-order valence-electron chi connectivity index (χ2n) is 1.87. The molecule has 0 saturated heterocycles. The van der Waals surface area contributed by atoms with E-state index in [0.717, 1.165) is 18.6 Å². The zero-order chi connectivity index (χ0) is 7.11. The van der Waals surface area contributed by atoms with Gasteiger partial charge in [0.2, 0.25) is 0 Å². The van der Waals surface area contributed by atoms with Gasteiger partial charge in [-0.1, -0.05) is 0 Å². The van der Waals surface area contributed by atoms with Crippen LogP contribution >= 0.6 is 11.8 Å². The number of thioether (sulfide) groups is 1. The highest BCUT2D eigenvalue weighted by Crippen LogP contribution is 2.00. The molecule has 0 aliphatic heterocycles. The SMILES string of the molecule is CSCCCC(N)C#N. The van der Waals surface area contributed by atoms with Crippen LogP contribution in [-0.2, 0) is 0 Å². The lowest BCUT2D eigenvalue weighted by Gasteiger charge is -1.98. The summed E-state index contributed by atoms with van der Waals surface area (Å²) < 4.78 is 0. The van der Waals surface area contributed by atoms with Gasteiger partial charge in [-0.3, -0.25) is 0 Å². The number of rotatable bonds is 4. The Kier molecular flexibility index (Phi) is 5.80. The molecule has 0 aromatic heterocycles. The lowest BCUT2D eigenvalue weighted by atomic mass is 10.2. The molecule has 0 aromatic carbocycles. The molecule has 0 aromatic rings. The van der Waals surface area contributed by atoms with Crippen molar-refractivity contribution in [2.75, 3.05) is 12.0 Å². The first-order valence-electron chi connectivity index (χ1n) is 2.95. The number of nitrogens with zero attached hydrogens (tertiary/aromatic N) is 1. The topological polar surface area (TPSA) is 49.8 Å². The first kappa shape index (κ1) is 8.80. The fraction of sp³-hybridized carbons (Fsp3) is 0.833. The minimum Gasteiger partial charge on any atom is -0.316 e. The molecule has 1 unspecified atom stereocenters. The van der Waals surface area contributed by atoms with Crippen LogP contribution < -0.4 is 5.73 Å². The van der Waals surface area contributed by atoms with Crippen molar-refractivity contribution in [1.82, 2.24) is 0 Å². The van der Waals surface area contributed by atoms with Crippen molar-refractivity contribution in [2.45, 2.75) is 18.9 Å². The Bertz CT molecular complexity index is 97.7. The largest absolute Gasteiger partial charge is 0.316 e. The molecule has 0 aliphatic rings. The van der Waals surface area contributed by atoms with Gasteiger partial charge >= 0.3 is 0 Å². The molecule has 1 atom stereocenters. The Morgan fingerprint density at radius 1 is 1.78 bits per heavy atom. The Morgan fingerprint density at radius 3 is 2.89 bits per heavy atom. The van der Waals surface area contributed by atoms with E-state index in [1.54, 1.807) is 11.8 Å². The molecule has 3 heteroatoms. The van der Waals surface area contributed by atoms with Crippen LogP contribution in [-0.4, -0.2) is 18.1 Å². The Hall–Kier alpha value is -0.200. The summed E-state index contributed by atoms with van der Waals surface area (Å²) >= 11 is 1.79. The van der Waals surface area contributed by atoms with Crippen LogP contribution in [0, 0.1) is 11.3 Å². The summed E-state index contributed by atoms with van der Waals surface area (Å²) in [5.41, 5.74) is 5.34. The number of nitrogens with two attached hydrogens (primary N) is 1. The van der Waals surface area contributed by atoms with Crippen LogP contribution in [0.5, 0.6) is 0 Å². The summed E-state index contributed by atoms with van der Waals surface area (Å²) in [5, 5.41) is 8.25. The van der Waals surface area contributed by atoms with E-state index in [9.17, 15) is 0 Å². The van der Waals surface area contributed by atoms with Crippen LogP contribution in [0.4, 0.5) is 0 Å². The summed E-state index contributed by atoms with van der Waals surface area (Å²) in [4.78, 5) is 0. The molecule has 0 spiro atoms. The van der Waals surface area contributed by atoms with Gasteiger partial charge in [-0.2, -0.15) is 17.0 Å². The minimum absolute atomic E-state index is 0.253. The fourth-order valence-corrected chi connectivity index (χ4v) is 0.967.